The van der Waals surface area contributed by atoms with E-state index in [1.165, 1.54) is 5.69 Å². The van der Waals surface area contributed by atoms with Crippen molar-refractivity contribution in [3.05, 3.63) is 52.6 Å². The molecule has 0 unspecified atom stereocenters. The van der Waals surface area contributed by atoms with Gasteiger partial charge in [-0.1, -0.05) is 53.2 Å². The largest absolute Gasteiger partial charge is 0.291 e. The normalized spacial score (nSPS) is 12.6. The van der Waals surface area contributed by atoms with Gasteiger partial charge in [0.05, 0.1) is 0 Å². The van der Waals surface area contributed by atoms with E-state index in [9.17, 15) is 4.79 Å². The molecular weight excluding hydrogens is 310 g/mol. The van der Waals surface area contributed by atoms with Crippen molar-refractivity contribution in [2.45, 2.75) is 65.8 Å². The lowest BCUT2D eigenvalue weighted by Crippen LogP contribution is -2.25. The maximum Gasteiger partial charge on any atom is 0.279 e. The fourth-order valence-electron chi connectivity index (χ4n) is 3.03. The van der Waals surface area contributed by atoms with Crippen LogP contribution >= 0.6 is 0 Å². The molecule has 2 rings (SSSR count). The first kappa shape index (κ1) is 19.2. The van der Waals surface area contributed by atoms with Crippen LogP contribution < -0.4 is 5.49 Å². The molecule has 0 N–H and O–H groups in total. The number of aromatic nitrogens is 2. The van der Waals surface area contributed by atoms with Crippen molar-refractivity contribution in [3.8, 4) is 0 Å². The van der Waals surface area contributed by atoms with Gasteiger partial charge in [0.25, 0.3) is 5.91 Å². The summed E-state index contributed by atoms with van der Waals surface area (Å²) in [6.45, 7) is 11.7. The van der Waals surface area contributed by atoms with Gasteiger partial charge in [-0.25, -0.2) is 0 Å². The molecule has 4 nitrogen and oxygen atoms in total. The van der Waals surface area contributed by atoms with E-state index in [4.69, 9.17) is 0 Å². The second kappa shape index (κ2) is 7.85. The van der Waals surface area contributed by atoms with Crippen LogP contribution in [0.3, 0.4) is 0 Å². The van der Waals surface area contributed by atoms with Crippen molar-refractivity contribution >= 4 is 5.91 Å². The first-order valence-corrected chi connectivity index (χ1v) is 9.23. The Balaban J connectivity index is 2.51. The Labute approximate surface area is 151 Å². The molecule has 1 amide bonds. The van der Waals surface area contributed by atoms with E-state index in [0.717, 1.165) is 36.9 Å². The third-order valence-corrected chi connectivity index (χ3v) is 4.53. The Hall–Kier alpha value is -2.10. The van der Waals surface area contributed by atoms with E-state index in [1.54, 1.807) is 0 Å². The van der Waals surface area contributed by atoms with Gasteiger partial charge in [-0.3, -0.25) is 14.2 Å². The lowest BCUT2D eigenvalue weighted by Gasteiger charge is -2.20. The molecule has 25 heavy (non-hydrogen) atoms. The number of aryl methyl sites for hydroxylation is 1. The predicted octanol–water partition coefficient (Wildman–Crippen LogP) is 4.23. The highest BCUT2D eigenvalue weighted by molar-refractivity contribution is 5.95. The Morgan fingerprint density at radius 3 is 2.48 bits per heavy atom. The van der Waals surface area contributed by atoms with E-state index >= 15 is 0 Å². The molecule has 1 aromatic carbocycles. The maximum absolute atomic E-state index is 12.7. The van der Waals surface area contributed by atoms with E-state index in [2.05, 4.69) is 62.1 Å². The number of benzene rings is 1. The zero-order valence-electron chi connectivity index (χ0n) is 16.5. The summed E-state index contributed by atoms with van der Waals surface area (Å²) in [6.07, 6.45) is 3.08. The molecule has 2 aromatic rings. The summed E-state index contributed by atoms with van der Waals surface area (Å²) in [7, 11) is 2.05. The molecular formula is C21H31N3O. The highest BCUT2D eigenvalue weighted by Gasteiger charge is 2.20. The van der Waals surface area contributed by atoms with Crippen LogP contribution in [0.15, 0.2) is 35.3 Å². The number of rotatable bonds is 5. The minimum absolute atomic E-state index is 0.00165. The number of hydrogen-bond acceptors (Lipinski definition) is 1. The predicted molar refractivity (Wildman–Crippen MR) is 103 cm³/mol. The molecule has 0 saturated carbocycles. The molecule has 4 heteroatoms. The van der Waals surface area contributed by atoms with Crippen molar-refractivity contribution < 1.29 is 4.79 Å². The summed E-state index contributed by atoms with van der Waals surface area (Å²) in [4.78, 5) is 17.1. The number of nitrogens with zero attached hydrogens (tertiary/aromatic N) is 3. The first-order valence-electron chi connectivity index (χ1n) is 9.23. The number of hydrogen-bond donors (Lipinski definition) is 0. The van der Waals surface area contributed by atoms with Gasteiger partial charge in [-0.05, 0) is 30.5 Å². The Morgan fingerprint density at radius 1 is 1.16 bits per heavy atom. The van der Waals surface area contributed by atoms with Crippen LogP contribution in [-0.4, -0.2) is 15.3 Å². The first-order chi connectivity index (χ1) is 11.8. The van der Waals surface area contributed by atoms with Gasteiger partial charge >= 0.3 is 0 Å². The van der Waals surface area contributed by atoms with Crippen LogP contribution in [0, 0.1) is 0 Å². The average Bonchev–Trinajstić information content (AvgIpc) is 2.89. The lowest BCUT2D eigenvalue weighted by atomic mass is 9.92. The topological polar surface area (TPSA) is 39.3 Å². The highest BCUT2D eigenvalue weighted by Crippen LogP contribution is 2.20. The van der Waals surface area contributed by atoms with Gasteiger partial charge < -0.3 is 0 Å². The van der Waals surface area contributed by atoms with E-state index in [1.807, 2.05) is 24.3 Å². The van der Waals surface area contributed by atoms with Crippen LogP contribution in [0.2, 0.25) is 0 Å². The van der Waals surface area contributed by atoms with E-state index in [-0.39, 0.29) is 11.3 Å². The minimum Gasteiger partial charge on any atom is -0.291 e. The molecule has 0 saturated heterocycles. The van der Waals surface area contributed by atoms with Gasteiger partial charge in [-0.2, -0.15) is 4.99 Å². The van der Waals surface area contributed by atoms with E-state index in [0.29, 0.717) is 5.56 Å². The quantitative estimate of drug-likeness (QED) is 0.802. The molecule has 1 heterocycles. The van der Waals surface area contributed by atoms with Crippen molar-refractivity contribution in [1.29, 1.82) is 0 Å². The molecule has 136 valence electrons. The molecule has 0 atom stereocenters. The van der Waals surface area contributed by atoms with Crippen LogP contribution in [0.1, 0.15) is 69.1 Å². The van der Waals surface area contributed by atoms with Crippen LogP contribution in [0.25, 0.3) is 0 Å². The van der Waals surface area contributed by atoms with Crippen molar-refractivity contribution in [3.63, 3.8) is 0 Å². The van der Waals surface area contributed by atoms with E-state index < -0.39 is 0 Å². The smallest absolute Gasteiger partial charge is 0.279 e. The van der Waals surface area contributed by atoms with Crippen molar-refractivity contribution in [2.24, 2.45) is 12.0 Å². The van der Waals surface area contributed by atoms with Crippen LogP contribution in [-0.2, 0) is 25.4 Å². The summed E-state index contributed by atoms with van der Waals surface area (Å²) in [5.41, 5.74) is 3.73. The van der Waals surface area contributed by atoms with Crippen molar-refractivity contribution in [1.82, 2.24) is 9.36 Å². The number of unbranched alkanes of at least 4 members (excludes halogenated alkanes) is 1. The Kier molecular flexibility index (Phi) is 6.04. The summed E-state index contributed by atoms with van der Waals surface area (Å²) in [5.74, 6) is -0.174. The third kappa shape index (κ3) is 4.50. The van der Waals surface area contributed by atoms with Gasteiger partial charge in [0.2, 0.25) is 0 Å². The number of carbonyl (C=O) groups is 1. The average molecular weight is 341 g/mol. The molecule has 0 aliphatic heterocycles. The Bertz CT molecular complexity index is 803. The molecule has 0 radical (unpaired) electrons. The van der Waals surface area contributed by atoms with Gasteiger partial charge in [0.1, 0.15) is 0 Å². The van der Waals surface area contributed by atoms with Gasteiger partial charge in [0, 0.05) is 36.3 Å². The maximum atomic E-state index is 12.7. The lowest BCUT2D eigenvalue weighted by molar-refractivity contribution is 0.0996. The SMILES string of the molecule is CCCCn1/c(=N/C(=O)c2cccc(CC)c2)cc(C(C)(C)C)n1C. The zero-order valence-corrected chi connectivity index (χ0v) is 16.5. The number of amides is 1. The molecule has 0 aliphatic carbocycles. The Morgan fingerprint density at radius 2 is 1.88 bits per heavy atom. The zero-order chi connectivity index (χ0) is 18.6. The molecule has 0 spiro atoms. The molecule has 0 aliphatic rings. The highest BCUT2D eigenvalue weighted by atomic mass is 16.1. The number of carbonyl (C=O) groups excluding carboxylic acids is 1. The summed E-state index contributed by atoms with van der Waals surface area (Å²) < 4.78 is 4.26. The fraction of sp³-hybridized carbons (Fsp3) is 0.524. The molecule has 1 aromatic heterocycles. The molecule has 0 fully saturated rings. The monoisotopic (exact) mass is 341 g/mol. The third-order valence-electron chi connectivity index (χ3n) is 4.53. The summed E-state index contributed by atoms with van der Waals surface area (Å²) in [5, 5.41) is 0. The minimum atomic E-state index is -0.174. The second-order valence-corrected chi connectivity index (χ2v) is 7.61. The fourth-order valence-corrected chi connectivity index (χ4v) is 3.03. The van der Waals surface area contributed by atoms with Gasteiger partial charge in [-0.15, -0.1) is 0 Å². The summed E-state index contributed by atoms with van der Waals surface area (Å²) >= 11 is 0. The summed E-state index contributed by atoms with van der Waals surface area (Å²) in [6, 6.07) is 9.80. The second-order valence-electron chi connectivity index (χ2n) is 7.61. The van der Waals surface area contributed by atoms with Crippen molar-refractivity contribution in [2.75, 3.05) is 0 Å². The standard InChI is InChI=1S/C21H31N3O/c1-7-9-13-24-19(15-18(23(24)6)21(3,4)5)22-20(25)17-12-10-11-16(8-2)14-17/h10-12,14-15H,7-9,13H2,1-6H3/b22-19+. The van der Waals surface area contributed by atoms with Crippen LogP contribution in [0.4, 0.5) is 0 Å². The van der Waals surface area contributed by atoms with Crippen LogP contribution in [0.5, 0.6) is 0 Å². The van der Waals surface area contributed by atoms with Gasteiger partial charge in [0.15, 0.2) is 5.49 Å². The molecule has 0 bridgehead atoms.